The van der Waals surface area contributed by atoms with Gasteiger partial charge in [0.15, 0.2) is 17.5 Å². The van der Waals surface area contributed by atoms with Gasteiger partial charge in [-0.05, 0) is 13.0 Å². The normalized spacial score (nSPS) is 15.6. The summed E-state index contributed by atoms with van der Waals surface area (Å²) in [5.74, 6) is -3.99. The van der Waals surface area contributed by atoms with Crippen LogP contribution in [0.5, 0.6) is 0 Å². The molecule has 0 saturated carbocycles. The minimum atomic E-state index is -1.22. The molecule has 1 aromatic heterocycles. The summed E-state index contributed by atoms with van der Waals surface area (Å²) < 4.78 is 47.6. The molecule has 1 aliphatic heterocycles. The van der Waals surface area contributed by atoms with Crippen molar-refractivity contribution < 1.29 is 22.7 Å². The van der Waals surface area contributed by atoms with Gasteiger partial charge in [-0.15, -0.1) is 0 Å². The molecular weight excluding hydrogens is 359 g/mol. The number of hydrogen-bond acceptors (Lipinski definition) is 3. The molecule has 0 bridgehead atoms. The number of aryl methyl sites for hydroxylation is 1. The fraction of sp³-hybridized carbons (Fsp3) is 0.312. The zero-order valence-corrected chi connectivity index (χ0v) is 14.2. The van der Waals surface area contributed by atoms with Crippen molar-refractivity contribution >= 4 is 28.9 Å². The molecule has 3 rings (SSSR count). The van der Waals surface area contributed by atoms with Gasteiger partial charge in [-0.1, -0.05) is 11.6 Å². The first kappa shape index (κ1) is 17.6. The second-order valence-corrected chi connectivity index (χ2v) is 6.61. The van der Waals surface area contributed by atoms with E-state index in [-0.39, 0.29) is 17.1 Å². The Hall–Kier alpha value is -2.19. The molecule has 0 radical (unpaired) electrons. The summed E-state index contributed by atoms with van der Waals surface area (Å²) in [5, 5.41) is 4.82. The maximum absolute atomic E-state index is 14.6. The quantitative estimate of drug-likeness (QED) is 0.806. The van der Waals surface area contributed by atoms with Crippen LogP contribution in [0.15, 0.2) is 18.3 Å². The summed E-state index contributed by atoms with van der Waals surface area (Å²) in [7, 11) is 1.50. The molecule has 0 atom stereocenters. The van der Waals surface area contributed by atoms with E-state index in [1.54, 1.807) is 0 Å². The second-order valence-electron chi connectivity index (χ2n) is 6.20. The van der Waals surface area contributed by atoms with Crippen molar-refractivity contribution in [1.29, 1.82) is 0 Å². The van der Waals surface area contributed by atoms with Crippen LogP contribution in [-0.4, -0.2) is 29.2 Å². The van der Waals surface area contributed by atoms with Crippen molar-refractivity contribution in [3.8, 4) is 0 Å². The van der Waals surface area contributed by atoms with Crippen LogP contribution < -0.4 is 10.6 Å². The molecule has 25 heavy (non-hydrogen) atoms. The lowest BCUT2D eigenvalue weighted by molar-refractivity contribution is -0.0319. The van der Waals surface area contributed by atoms with Gasteiger partial charge in [-0.25, -0.2) is 13.2 Å². The molecule has 134 valence electrons. The number of hydrogen-bond donors (Lipinski definition) is 2. The first-order valence-corrected chi connectivity index (χ1v) is 7.74. The number of carbonyl (C=O) groups excluding carboxylic acids is 1. The first-order valence-electron chi connectivity index (χ1n) is 7.37. The second kappa shape index (κ2) is 6.27. The van der Waals surface area contributed by atoms with E-state index in [4.69, 9.17) is 16.3 Å². The highest BCUT2D eigenvalue weighted by Crippen LogP contribution is 2.28. The SMILES string of the molecule is Cn1cc(NC2(C)COC2)c(F)c1C(=O)Nc1cc(F)c(F)c(Cl)c1. The van der Waals surface area contributed by atoms with Gasteiger partial charge in [0.05, 0.1) is 29.5 Å². The molecule has 0 spiro atoms. The van der Waals surface area contributed by atoms with Crippen LogP contribution in [-0.2, 0) is 11.8 Å². The molecule has 5 nitrogen and oxygen atoms in total. The van der Waals surface area contributed by atoms with Crippen molar-refractivity contribution in [3.63, 3.8) is 0 Å². The fourth-order valence-corrected chi connectivity index (χ4v) is 2.78. The Morgan fingerprint density at radius 2 is 1.96 bits per heavy atom. The molecule has 2 N–H and O–H groups in total. The number of amides is 1. The summed E-state index contributed by atoms with van der Waals surface area (Å²) >= 11 is 5.54. The number of nitrogens with one attached hydrogen (secondary N) is 2. The Balaban J connectivity index is 1.84. The first-order chi connectivity index (χ1) is 11.7. The molecule has 1 aromatic carbocycles. The maximum Gasteiger partial charge on any atom is 0.275 e. The number of ether oxygens (including phenoxy) is 1. The molecule has 0 unspecified atom stereocenters. The number of halogens is 4. The number of aromatic nitrogens is 1. The van der Waals surface area contributed by atoms with E-state index in [2.05, 4.69) is 10.6 Å². The standard InChI is InChI=1S/C16H15ClF3N3O2/c1-16(6-25-7-16)22-11-5-23(2)14(13(11)20)15(24)21-8-3-9(17)12(19)10(18)4-8/h3-5,22H,6-7H2,1-2H3,(H,21,24). The fourth-order valence-electron chi connectivity index (χ4n) is 2.57. The van der Waals surface area contributed by atoms with E-state index in [0.29, 0.717) is 13.2 Å². The van der Waals surface area contributed by atoms with Crippen LogP contribution in [0.3, 0.4) is 0 Å². The van der Waals surface area contributed by atoms with Crippen molar-refractivity contribution in [1.82, 2.24) is 4.57 Å². The van der Waals surface area contributed by atoms with Crippen LogP contribution >= 0.6 is 11.6 Å². The number of rotatable bonds is 4. The number of carbonyl (C=O) groups is 1. The van der Waals surface area contributed by atoms with Crippen molar-refractivity contribution in [3.05, 3.63) is 46.5 Å². The third-order valence-electron chi connectivity index (χ3n) is 3.85. The van der Waals surface area contributed by atoms with Gasteiger partial charge in [0.1, 0.15) is 5.69 Å². The molecule has 2 aromatic rings. The third kappa shape index (κ3) is 3.32. The number of nitrogens with zero attached hydrogens (tertiary/aromatic N) is 1. The van der Waals surface area contributed by atoms with Gasteiger partial charge in [0.25, 0.3) is 5.91 Å². The van der Waals surface area contributed by atoms with Gasteiger partial charge in [0, 0.05) is 25.0 Å². The lowest BCUT2D eigenvalue weighted by Gasteiger charge is -2.39. The Kier molecular flexibility index (Phi) is 4.42. The largest absolute Gasteiger partial charge is 0.376 e. The van der Waals surface area contributed by atoms with Crippen LogP contribution in [0.1, 0.15) is 17.4 Å². The molecule has 2 heterocycles. The Morgan fingerprint density at radius 3 is 2.52 bits per heavy atom. The summed E-state index contributed by atoms with van der Waals surface area (Å²) in [6.45, 7) is 2.72. The van der Waals surface area contributed by atoms with Gasteiger partial charge in [-0.3, -0.25) is 4.79 Å². The summed E-state index contributed by atoms with van der Waals surface area (Å²) in [5.41, 5.74) is -0.582. The van der Waals surface area contributed by atoms with E-state index < -0.39 is 33.9 Å². The maximum atomic E-state index is 14.6. The van der Waals surface area contributed by atoms with Gasteiger partial charge in [-0.2, -0.15) is 0 Å². The van der Waals surface area contributed by atoms with Gasteiger partial charge in [0.2, 0.25) is 0 Å². The van der Waals surface area contributed by atoms with Gasteiger partial charge >= 0.3 is 0 Å². The highest BCUT2D eigenvalue weighted by atomic mass is 35.5. The third-order valence-corrected chi connectivity index (χ3v) is 4.13. The van der Waals surface area contributed by atoms with Crippen LogP contribution in [0, 0.1) is 17.5 Å². The highest BCUT2D eigenvalue weighted by Gasteiger charge is 2.35. The lowest BCUT2D eigenvalue weighted by atomic mass is 10.0. The smallest absolute Gasteiger partial charge is 0.275 e. The number of benzene rings is 1. The molecule has 9 heteroatoms. The lowest BCUT2D eigenvalue weighted by Crippen LogP contribution is -2.53. The van der Waals surface area contributed by atoms with E-state index in [1.807, 2.05) is 6.92 Å². The monoisotopic (exact) mass is 373 g/mol. The van der Waals surface area contributed by atoms with Crippen LogP contribution in [0.4, 0.5) is 24.5 Å². The summed E-state index contributed by atoms with van der Waals surface area (Å²) in [6.07, 6.45) is 1.44. The van der Waals surface area contributed by atoms with E-state index in [0.717, 1.165) is 12.1 Å². The Bertz CT molecular complexity index is 826. The molecule has 1 amide bonds. The van der Waals surface area contributed by atoms with Crippen LogP contribution in [0.2, 0.25) is 5.02 Å². The average molecular weight is 374 g/mol. The molecule has 0 aliphatic carbocycles. The Morgan fingerprint density at radius 1 is 1.28 bits per heavy atom. The average Bonchev–Trinajstić information content (AvgIpc) is 2.77. The van der Waals surface area contributed by atoms with E-state index in [1.165, 1.54) is 17.8 Å². The minimum Gasteiger partial charge on any atom is -0.376 e. The summed E-state index contributed by atoms with van der Waals surface area (Å²) in [4.78, 5) is 12.3. The van der Waals surface area contributed by atoms with Crippen molar-refractivity contribution in [2.45, 2.75) is 12.5 Å². The van der Waals surface area contributed by atoms with Crippen LogP contribution in [0.25, 0.3) is 0 Å². The zero-order valence-electron chi connectivity index (χ0n) is 13.4. The van der Waals surface area contributed by atoms with Gasteiger partial charge < -0.3 is 19.9 Å². The molecule has 1 saturated heterocycles. The predicted octanol–water partition coefficient (Wildman–Crippen LogP) is 3.55. The van der Waals surface area contributed by atoms with E-state index in [9.17, 15) is 18.0 Å². The van der Waals surface area contributed by atoms with Crippen molar-refractivity contribution in [2.75, 3.05) is 23.8 Å². The predicted molar refractivity (Wildman–Crippen MR) is 87.5 cm³/mol. The molecule has 1 fully saturated rings. The molecular formula is C16H15ClF3N3O2. The molecule has 1 aliphatic rings. The minimum absolute atomic E-state index is 0.0802. The highest BCUT2D eigenvalue weighted by molar-refractivity contribution is 6.31. The van der Waals surface area contributed by atoms with E-state index >= 15 is 0 Å². The summed E-state index contributed by atoms with van der Waals surface area (Å²) in [6, 6.07) is 1.82. The Labute approximate surface area is 146 Å². The zero-order chi connectivity index (χ0) is 18.4. The van der Waals surface area contributed by atoms with Crippen molar-refractivity contribution in [2.24, 2.45) is 7.05 Å². The topological polar surface area (TPSA) is 55.3 Å². The number of anilines is 2.